The highest BCUT2D eigenvalue weighted by atomic mass is 32.1. The average molecular weight is 493 g/mol. The van der Waals surface area contributed by atoms with Crippen LogP contribution in [0.3, 0.4) is 0 Å². The van der Waals surface area contributed by atoms with E-state index in [4.69, 9.17) is 15.0 Å². The third-order valence-corrected chi connectivity index (χ3v) is 7.58. The maximum Gasteiger partial charge on any atom is 0.164 e. The first-order valence-corrected chi connectivity index (χ1v) is 12.9. The zero-order valence-corrected chi connectivity index (χ0v) is 20.6. The zero-order valence-electron chi connectivity index (χ0n) is 19.7. The number of aromatic nitrogens is 4. The van der Waals surface area contributed by atoms with E-state index in [2.05, 4.69) is 41.4 Å². The lowest BCUT2D eigenvalue weighted by Gasteiger charge is -2.12. The second-order valence-corrected chi connectivity index (χ2v) is 9.85. The number of hydrogen-bond acceptors (Lipinski definition) is 5. The minimum absolute atomic E-state index is 0.650. The topological polar surface area (TPSA) is 51.6 Å². The van der Waals surface area contributed by atoms with Crippen molar-refractivity contribution in [2.24, 2.45) is 0 Å². The Labute approximate surface area is 218 Å². The molecule has 0 fully saturated rings. The maximum absolute atomic E-state index is 5.02. The molecule has 0 bridgehead atoms. The zero-order chi connectivity index (χ0) is 24.6. The fraction of sp³-hybridized carbons (Fsp3) is 0. The molecule has 0 atom stereocenters. The third-order valence-electron chi connectivity index (χ3n) is 6.45. The van der Waals surface area contributed by atoms with Gasteiger partial charge in [-0.15, -0.1) is 11.3 Å². The Morgan fingerprint density at radius 2 is 1.03 bits per heavy atom. The quantitative estimate of drug-likeness (QED) is 0.248. The highest BCUT2D eigenvalue weighted by Gasteiger charge is 2.18. The van der Waals surface area contributed by atoms with E-state index in [1.807, 2.05) is 85.2 Å². The van der Waals surface area contributed by atoms with Crippen LogP contribution in [0.5, 0.6) is 0 Å². The summed E-state index contributed by atoms with van der Waals surface area (Å²) < 4.78 is 2.50. The fourth-order valence-electron chi connectivity index (χ4n) is 4.66. The molecular formula is C32H20N4S. The highest BCUT2D eigenvalue weighted by molar-refractivity contribution is 7.25. The molecule has 4 aromatic carbocycles. The largest absolute Gasteiger partial charge is 0.265 e. The summed E-state index contributed by atoms with van der Waals surface area (Å²) >= 11 is 1.81. The number of rotatable bonds is 4. The molecule has 0 radical (unpaired) electrons. The standard InChI is InChI=1S/C32H20N4S/c1-3-9-22(10-4-1)30-34-31(23-11-5-2-6-12-23)36-32(35-30)27-19-26-24-13-7-8-14-28(24)37-29(26)20-25(27)21-15-17-33-18-16-21/h1-20H. The third kappa shape index (κ3) is 3.96. The molecule has 3 aromatic heterocycles. The van der Waals surface area contributed by atoms with Crippen molar-refractivity contribution in [3.8, 4) is 45.3 Å². The molecular weight excluding hydrogens is 472 g/mol. The van der Waals surface area contributed by atoms with Crippen molar-refractivity contribution in [2.45, 2.75) is 0 Å². The van der Waals surface area contributed by atoms with Gasteiger partial charge in [-0.25, -0.2) is 15.0 Å². The van der Waals surface area contributed by atoms with Gasteiger partial charge in [0.05, 0.1) is 0 Å². The van der Waals surface area contributed by atoms with Crippen LogP contribution in [0.4, 0.5) is 0 Å². The first-order valence-electron chi connectivity index (χ1n) is 12.1. The number of thiophene rings is 1. The molecule has 7 rings (SSSR count). The number of hydrogen-bond donors (Lipinski definition) is 0. The highest BCUT2D eigenvalue weighted by Crippen LogP contribution is 2.41. The van der Waals surface area contributed by atoms with E-state index in [9.17, 15) is 0 Å². The van der Waals surface area contributed by atoms with Gasteiger partial charge in [0.25, 0.3) is 0 Å². The smallest absolute Gasteiger partial charge is 0.164 e. The van der Waals surface area contributed by atoms with Gasteiger partial charge in [0.15, 0.2) is 17.5 Å². The van der Waals surface area contributed by atoms with Crippen LogP contribution in [0.1, 0.15) is 0 Å². The van der Waals surface area contributed by atoms with Crippen molar-refractivity contribution in [1.82, 2.24) is 19.9 Å². The van der Waals surface area contributed by atoms with Gasteiger partial charge in [-0.2, -0.15) is 0 Å². The van der Waals surface area contributed by atoms with Gasteiger partial charge in [0.1, 0.15) is 0 Å². The lowest BCUT2D eigenvalue weighted by molar-refractivity contribution is 1.07. The second kappa shape index (κ2) is 9.04. The van der Waals surface area contributed by atoms with Crippen LogP contribution in [-0.4, -0.2) is 19.9 Å². The Hall–Kier alpha value is -4.74. The molecule has 7 aromatic rings. The fourth-order valence-corrected chi connectivity index (χ4v) is 5.78. The van der Waals surface area contributed by atoms with Crippen molar-refractivity contribution in [2.75, 3.05) is 0 Å². The number of nitrogens with zero attached hydrogens (tertiary/aromatic N) is 4. The molecule has 4 nitrogen and oxygen atoms in total. The van der Waals surface area contributed by atoms with Crippen molar-refractivity contribution < 1.29 is 0 Å². The van der Waals surface area contributed by atoms with Crippen LogP contribution < -0.4 is 0 Å². The lowest BCUT2D eigenvalue weighted by Crippen LogP contribution is -2.01. The van der Waals surface area contributed by atoms with Crippen molar-refractivity contribution in [1.29, 1.82) is 0 Å². The normalized spacial score (nSPS) is 11.2. The van der Waals surface area contributed by atoms with Gasteiger partial charge in [-0.1, -0.05) is 78.9 Å². The molecule has 5 heteroatoms. The average Bonchev–Trinajstić information content (AvgIpc) is 3.35. The summed E-state index contributed by atoms with van der Waals surface area (Å²) in [5, 5.41) is 2.45. The number of pyridine rings is 1. The molecule has 174 valence electrons. The molecule has 0 saturated heterocycles. The molecule has 0 unspecified atom stereocenters. The summed E-state index contributed by atoms with van der Waals surface area (Å²) in [5.74, 6) is 1.96. The summed E-state index contributed by atoms with van der Waals surface area (Å²) in [7, 11) is 0. The van der Waals surface area contributed by atoms with Crippen LogP contribution in [-0.2, 0) is 0 Å². The van der Waals surface area contributed by atoms with Crippen LogP contribution >= 0.6 is 11.3 Å². The summed E-state index contributed by atoms with van der Waals surface area (Å²) in [6.07, 6.45) is 3.65. The lowest BCUT2D eigenvalue weighted by atomic mass is 9.97. The molecule has 0 N–H and O–H groups in total. The van der Waals surface area contributed by atoms with Gasteiger partial charge in [-0.3, -0.25) is 4.98 Å². The number of benzene rings is 4. The first kappa shape index (κ1) is 21.5. The summed E-state index contributed by atoms with van der Waals surface area (Å²) in [6, 6.07) is 37.3. The van der Waals surface area contributed by atoms with Crippen LogP contribution in [0, 0.1) is 0 Å². The Morgan fingerprint density at radius 1 is 0.432 bits per heavy atom. The molecule has 0 aliphatic rings. The molecule has 0 saturated carbocycles. The Morgan fingerprint density at radius 3 is 1.70 bits per heavy atom. The molecule has 0 amide bonds. The summed E-state index contributed by atoms with van der Waals surface area (Å²) in [6.45, 7) is 0. The SMILES string of the molecule is c1ccc(-c2nc(-c3ccccc3)nc(-c3cc4c(cc3-c3ccncc3)sc3ccccc34)n2)cc1. The predicted octanol–water partition coefficient (Wildman–Crippen LogP) is 8.30. The van der Waals surface area contributed by atoms with Gasteiger partial charge >= 0.3 is 0 Å². The van der Waals surface area contributed by atoms with E-state index in [-0.39, 0.29) is 0 Å². The van der Waals surface area contributed by atoms with Gasteiger partial charge in [-0.05, 0) is 41.5 Å². The maximum atomic E-state index is 5.02. The second-order valence-electron chi connectivity index (χ2n) is 8.77. The monoisotopic (exact) mass is 492 g/mol. The predicted molar refractivity (Wildman–Crippen MR) is 152 cm³/mol. The van der Waals surface area contributed by atoms with Gasteiger partial charge < -0.3 is 0 Å². The number of fused-ring (bicyclic) bond motifs is 3. The van der Waals surface area contributed by atoms with Crippen molar-refractivity contribution in [3.05, 3.63) is 122 Å². The summed E-state index contributed by atoms with van der Waals surface area (Å²) in [4.78, 5) is 19.2. The molecule has 0 spiro atoms. The molecule has 0 aliphatic carbocycles. The van der Waals surface area contributed by atoms with E-state index in [0.29, 0.717) is 17.5 Å². The van der Waals surface area contributed by atoms with Crippen LogP contribution in [0.25, 0.3) is 65.5 Å². The Bertz CT molecular complexity index is 1810. The van der Waals surface area contributed by atoms with E-state index in [0.717, 1.165) is 27.8 Å². The van der Waals surface area contributed by atoms with Gasteiger partial charge in [0.2, 0.25) is 0 Å². The van der Waals surface area contributed by atoms with E-state index in [1.54, 1.807) is 11.3 Å². The Kier molecular flexibility index (Phi) is 5.26. The summed E-state index contributed by atoms with van der Waals surface area (Å²) in [5.41, 5.74) is 5.03. The van der Waals surface area contributed by atoms with Crippen molar-refractivity contribution >= 4 is 31.5 Å². The minimum atomic E-state index is 0.650. The van der Waals surface area contributed by atoms with Crippen LogP contribution in [0.15, 0.2) is 122 Å². The van der Waals surface area contributed by atoms with Crippen LogP contribution in [0.2, 0.25) is 0 Å². The molecule has 3 heterocycles. The van der Waals surface area contributed by atoms with E-state index < -0.39 is 0 Å². The van der Waals surface area contributed by atoms with E-state index >= 15 is 0 Å². The minimum Gasteiger partial charge on any atom is -0.265 e. The molecule has 0 aliphatic heterocycles. The van der Waals surface area contributed by atoms with Crippen molar-refractivity contribution in [3.63, 3.8) is 0 Å². The van der Waals surface area contributed by atoms with E-state index in [1.165, 1.54) is 20.2 Å². The Balaban J connectivity index is 1.55. The first-order chi connectivity index (χ1) is 18.3. The molecule has 37 heavy (non-hydrogen) atoms. The van der Waals surface area contributed by atoms with Gasteiger partial charge in [0, 0.05) is 49.3 Å².